The topological polar surface area (TPSA) is 85.0 Å². The molecule has 1 amide bonds. The summed E-state index contributed by atoms with van der Waals surface area (Å²) in [5.41, 5.74) is 1.36. The molecule has 3 aromatic heterocycles. The van der Waals surface area contributed by atoms with E-state index in [4.69, 9.17) is 4.52 Å². The average molecular weight is 355 g/mol. The van der Waals surface area contributed by atoms with Crippen LogP contribution >= 0.6 is 11.3 Å². The molecule has 0 spiro atoms. The van der Waals surface area contributed by atoms with Crippen molar-refractivity contribution in [2.75, 3.05) is 13.1 Å². The lowest BCUT2D eigenvalue weighted by Gasteiger charge is -2.31. The fourth-order valence-corrected chi connectivity index (χ4v) is 3.72. The molecule has 1 atom stereocenters. The van der Waals surface area contributed by atoms with Gasteiger partial charge >= 0.3 is 0 Å². The van der Waals surface area contributed by atoms with E-state index in [1.807, 2.05) is 21.7 Å². The van der Waals surface area contributed by atoms with Gasteiger partial charge < -0.3 is 9.42 Å². The van der Waals surface area contributed by atoms with Gasteiger partial charge in [-0.1, -0.05) is 5.16 Å². The lowest BCUT2D eigenvalue weighted by atomic mass is 9.94. The Bertz CT molecular complexity index is 834. The molecule has 4 heterocycles. The molecular weight excluding hydrogens is 338 g/mol. The predicted octanol–water partition coefficient (Wildman–Crippen LogP) is 2.68. The van der Waals surface area contributed by atoms with Crippen LogP contribution in [0.1, 0.15) is 29.2 Å². The summed E-state index contributed by atoms with van der Waals surface area (Å²) < 4.78 is 5.39. The van der Waals surface area contributed by atoms with E-state index in [9.17, 15) is 4.79 Å². The molecule has 0 bridgehead atoms. The number of hydrogen-bond donors (Lipinski definition) is 0. The zero-order valence-electron chi connectivity index (χ0n) is 13.5. The molecular formula is C17H17N5O2S. The van der Waals surface area contributed by atoms with Gasteiger partial charge in [0.1, 0.15) is 5.69 Å². The minimum Gasteiger partial charge on any atom is -0.339 e. The van der Waals surface area contributed by atoms with Crippen molar-refractivity contribution in [1.82, 2.24) is 25.0 Å². The third kappa shape index (κ3) is 3.58. The van der Waals surface area contributed by atoms with E-state index >= 15 is 0 Å². The average Bonchev–Trinajstić information content (AvgIpc) is 3.34. The highest BCUT2D eigenvalue weighted by molar-refractivity contribution is 7.08. The number of likely N-dealkylation sites (tertiary alicyclic amines) is 1. The molecule has 0 saturated carbocycles. The fraction of sp³-hybridized carbons (Fsp3) is 0.353. The molecule has 7 nitrogen and oxygen atoms in total. The Morgan fingerprint density at radius 1 is 1.40 bits per heavy atom. The number of carbonyl (C=O) groups excluding carboxylic acids is 1. The Morgan fingerprint density at radius 2 is 2.36 bits per heavy atom. The summed E-state index contributed by atoms with van der Waals surface area (Å²) in [5.74, 6) is 1.49. The summed E-state index contributed by atoms with van der Waals surface area (Å²) in [4.78, 5) is 26.9. The van der Waals surface area contributed by atoms with Crippen molar-refractivity contribution >= 4 is 17.2 Å². The number of aromatic nitrogens is 4. The molecule has 0 N–H and O–H groups in total. The SMILES string of the molecule is O=C(c1cnccn1)N1CCC[C@@H](Cc2nc(-c3ccsc3)no2)C1. The van der Waals surface area contributed by atoms with E-state index in [0.717, 1.165) is 24.9 Å². The molecule has 0 unspecified atom stereocenters. The first-order valence-corrected chi connectivity index (χ1v) is 9.14. The predicted molar refractivity (Wildman–Crippen MR) is 92.0 cm³/mol. The maximum atomic E-state index is 12.5. The lowest BCUT2D eigenvalue weighted by molar-refractivity contribution is 0.0661. The van der Waals surface area contributed by atoms with Crippen LogP contribution in [0.4, 0.5) is 0 Å². The van der Waals surface area contributed by atoms with Crippen LogP contribution in [0, 0.1) is 5.92 Å². The second-order valence-corrected chi connectivity index (χ2v) is 6.86. The van der Waals surface area contributed by atoms with Crippen LogP contribution < -0.4 is 0 Å². The molecule has 4 rings (SSSR count). The fourth-order valence-electron chi connectivity index (χ4n) is 3.08. The van der Waals surface area contributed by atoms with Gasteiger partial charge in [-0.3, -0.25) is 9.78 Å². The van der Waals surface area contributed by atoms with Crippen molar-refractivity contribution < 1.29 is 9.32 Å². The highest BCUT2D eigenvalue weighted by Gasteiger charge is 2.26. The largest absolute Gasteiger partial charge is 0.339 e. The van der Waals surface area contributed by atoms with E-state index in [1.165, 1.54) is 6.20 Å². The number of carbonyl (C=O) groups is 1. The third-order valence-corrected chi connectivity index (χ3v) is 4.98. The summed E-state index contributed by atoms with van der Waals surface area (Å²) in [6.45, 7) is 1.42. The van der Waals surface area contributed by atoms with Crippen LogP contribution in [-0.2, 0) is 6.42 Å². The summed E-state index contributed by atoms with van der Waals surface area (Å²) in [7, 11) is 0. The van der Waals surface area contributed by atoms with Crippen molar-refractivity contribution in [1.29, 1.82) is 0 Å². The molecule has 25 heavy (non-hydrogen) atoms. The van der Waals surface area contributed by atoms with Crippen molar-refractivity contribution in [3.8, 4) is 11.4 Å². The first kappa shape index (κ1) is 15.9. The summed E-state index contributed by atoms with van der Waals surface area (Å²) in [6.07, 6.45) is 7.30. The lowest BCUT2D eigenvalue weighted by Crippen LogP contribution is -2.40. The highest BCUT2D eigenvalue weighted by atomic mass is 32.1. The summed E-state index contributed by atoms with van der Waals surface area (Å²) in [6, 6.07) is 1.97. The maximum absolute atomic E-state index is 12.5. The zero-order chi connectivity index (χ0) is 17.1. The Kier molecular flexibility index (Phi) is 4.51. The van der Waals surface area contributed by atoms with E-state index in [0.29, 0.717) is 36.3 Å². The van der Waals surface area contributed by atoms with Crippen LogP contribution in [0.3, 0.4) is 0 Å². The number of piperidine rings is 1. The maximum Gasteiger partial charge on any atom is 0.274 e. The molecule has 1 saturated heterocycles. The van der Waals surface area contributed by atoms with Gasteiger partial charge in [-0.2, -0.15) is 16.3 Å². The Balaban J connectivity index is 1.41. The summed E-state index contributed by atoms with van der Waals surface area (Å²) >= 11 is 1.60. The van der Waals surface area contributed by atoms with E-state index in [1.54, 1.807) is 23.7 Å². The van der Waals surface area contributed by atoms with Gasteiger partial charge in [0.05, 0.1) is 6.20 Å². The molecule has 1 aliphatic rings. The van der Waals surface area contributed by atoms with Crippen LogP contribution in [0.5, 0.6) is 0 Å². The Morgan fingerprint density at radius 3 is 3.16 bits per heavy atom. The second-order valence-electron chi connectivity index (χ2n) is 6.08. The van der Waals surface area contributed by atoms with Gasteiger partial charge in [0.15, 0.2) is 0 Å². The van der Waals surface area contributed by atoms with Crippen molar-refractivity contribution in [3.05, 3.63) is 47.0 Å². The highest BCUT2D eigenvalue weighted by Crippen LogP contribution is 2.23. The third-order valence-electron chi connectivity index (χ3n) is 4.30. The monoisotopic (exact) mass is 355 g/mol. The van der Waals surface area contributed by atoms with Crippen molar-refractivity contribution in [2.24, 2.45) is 5.92 Å². The number of thiophene rings is 1. The molecule has 1 fully saturated rings. The van der Waals surface area contributed by atoms with Crippen molar-refractivity contribution in [3.63, 3.8) is 0 Å². The number of hydrogen-bond acceptors (Lipinski definition) is 7. The smallest absolute Gasteiger partial charge is 0.274 e. The van der Waals surface area contributed by atoms with Crippen LogP contribution in [0.2, 0.25) is 0 Å². The van der Waals surface area contributed by atoms with Crippen LogP contribution in [0.25, 0.3) is 11.4 Å². The molecule has 0 aromatic carbocycles. The zero-order valence-corrected chi connectivity index (χ0v) is 14.4. The quantitative estimate of drug-likeness (QED) is 0.715. The standard InChI is InChI=1S/C17H17N5O2S/c23-17(14-9-18-4-5-19-14)22-6-1-2-12(10-22)8-15-20-16(21-24-15)13-3-7-25-11-13/h3-5,7,9,11-12H,1-2,6,8,10H2/t12-/m0/s1. The number of nitrogens with zero attached hydrogens (tertiary/aromatic N) is 5. The molecule has 3 aromatic rings. The first-order valence-electron chi connectivity index (χ1n) is 8.20. The Hall–Kier alpha value is -2.61. The van der Waals surface area contributed by atoms with E-state index < -0.39 is 0 Å². The minimum atomic E-state index is -0.0673. The normalized spacial score (nSPS) is 17.6. The van der Waals surface area contributed by atoms with Crippen molar-refractivity contribution in [2.45, 2.75) is 19.3 Å². The van der Waals surface area contributed by atoms with Gasteiger partial charge in [-0.05, 0) is 30.2 Å². The first-order chi connectivity index (χ1) is 12.3. The van der Waals surface area contributed by atoms with E-state index in [2.05, 4.69) is 20.1 Å². The minimum absolute atomic E-state index is 0.0673. The van der Waals surface area contributed by atoms with Crippen LogP contribution in [0.15, 0.2) is 39.9 Å². The molecule has 8 heteroatoms. The van der Waals surface area contributed by atoms with E-state index in [-0.39, 0.29) is 5.91 Å². The second kappa shape index (κ2) is 7.10. The molecule has 1 aliphatic heterocycles. The van der Waals surface area contributed by atoms with Gasteiger partial charge in [-0.15, -0.1) is 0 Å². The van der Waals surface area contributed by atoms with Gasteiger partial charge in [-0.25, -0.2) is 4.98 Å². The van der Waals surface area contributed by atoms with Gasteiger partial charge in [0.2, 0.25) is 11.7 Å². The number of amides is 1. The van der Waals surface area contributed by atoms with Gasteiger partial charge in [0, 0.05) is 42.8 Å². The molecule has 128 valence electrons. The molecule has 0 aliphatic carbocycles. The van der Waals surface area contributed by atoms with Gasteiger partial charge in [0.25, 0.3) is 5.91 Å². The Labute approximate surface area is 148 Å². The van der Waals surface area contributed by atoms with Crippen LogP contribution in [-0.4, -0.2) is 44.0 Å². The number of rotatable bonds is 4. The summed E-state index contributed by atoms with van der Waals surface area (Å²) in [5, 5.41) is 8.03. The molecule has 0 radical (unpaired) electrons.